The van der Waals surface area contributed by atoms with Crippen LogP contribution in [0.3, 0.4) is 0 Å². The fourth-order valence-corrected chi connectivity index (χ4v) is 3.73. The number of hydrogen-bond acceptors (Lipinski definition) is 3. The van der Waals surface area contributed by atoms with Crippen molar-refractivity contribution in [2.45, 2.75) is 11.1 Å². The maximum absolute atomic E-state index is 10.8. The number of thiophene rings is 1. The third-order valence-electron chi connectivity index (χ3n) is 1.10. The summed E-state index contributed by atoms with van der Waals surface area (Å²) in [7, 11) is -3.52. The number of aryl methyl sites for hydroxylation is 1. The zero-order valence-corrected chi connectivity index (χ0v) is 8.88. The molecule has 0 aliphatic carbocycles. The summed E-state index contributed by atoms with van der Waals surface area (Å²) in [6, 6.07) is 1.73. The lowest BCUT2D eigenvalue weighted by Gasteiger charge is -1.91. The molecule has 0 amide bonds. The van der Waals surface area contributed by atoms with E-state index in [1.165, 1.54) is 0 Å². The Morgan fingerprint density at radius 2 is 2.18 bits per heavy atom. The van der Waals surface area contributed by atoms with Gasteiger partial charge < -0.3 is 0 Å². The van der Waals surface area contributed by atoms with Gasteiger partial charge in [0.15, 0.2) is 0 Å². The van der Waals surface area contributed by atoms with Gasteiger partial charge in [0, 0.05) is 0 Å². The van der Waals surface area contributed by atoms with Crippen molar-refractivity contribution in [2.75, 3.05) is 0 Å². The van der Waals surface area contributed by atoms with Crippen LogP contribution >= 0.6 is 27.3 Å². The van der Waals surface area contributed by atoms with Crippen molar-refractivity contribution < 1.29 is 8.42 Å². The van der Waals surface area contributed by atoms with Crippen molar-refractivity contribution in [3.63, 3.8) is 0 Å². The van der Waals surface area contributed by atoms with Gasteiger partial charge in [0.2, 0.25) is 10.0 Å². The molecule has 0 saturated carbocycles. The highest BCUT2D eigenvalue weighted by molar-refractivity contribution is 9.11. The molecule has 11 heavy (non-hydrogen) atoms. The monoisotopic (exact) mass is 255 g/mol. The van der Waals surface area contributed by atoms with E-state index in [0.29, 0.717) is 5.56 Å². The first-order chi connectivity index (χ1) is 4.91. The Morgan fingerprint density at radius 3 is 2.36 bits per heavy atom. The Labute approximate surface area is 77.4 Å². The van der Waals surface area contributed by atoms with Crippen LogP contribution in [0.2, 0.25) is 0 Å². The van der Waals surface area contributed by atoms with Crippen molar-refractivity contribution >= 4 is 37.3 Å². The molecule has 0 spiro atoms. The lowest BCUT2D eigenvalue weighted by Crippen LogP contribution is -2.11. The first-order valence-electron chi connectivity index (χ1n) is 2.70. The zero-order valence-electron chi connectivity index (χ0n) is 5.67. The van der Waals surface area contributed by atoms with Gasteiger partial charge in [0.1, 0.15) is 4.21 Å². The van der Waals surface area contributed by atoms with Crippen molar-refractivity contribution in [1.29, 1.82) is 0 Å². The fraction of sp³-hybridized carbons (Fsp3) is 0.200. The Morgan fingerprint density at radius 1 is 1.64 bits per heavy atom. The van der Waals surface area contributed by atoms with Crippen LogP contribution in [0.15, 0.2) is 14.1 Å². The molecule has 1 aromatic heterocycles. The van der Waals surface area contributed by atoms with Crippen molar-refractivity contribution in [3.8, 4) is 0 Å². The second kappa shape index (κ2) is 2.85. The SMILES string of the molecule is Cc1cc(Br)sc1S(N)(=O)=O. The Bertz CT molecular complexity index is 368. The Hall–Kier alpha value is 0.0900. The third-order valence-corrected chi connectivity index (χ3v) is 4.42. The number of rotatable bonds is 1. The summed E-state index contributed by atoms with van der Waals surface area (Å²) in [5.74, 6) is 0. The molecule has 2 N–H and O–H groups in total. The maximum atomic E-state index is 10.8. The predicted molar refractivity (Wildman–Crippen MR) is 48.1 cm³/mol. The van der Waals surface area contributed by atoms with Gasteiger partial charge >= 0.3 is 0 Å². The molecule has 6 heteroatoms. The molecule has 0 unspecified atom stereocenters. The van der Waals surface area contributed by atoms with Crippen LogP contribution in [0.5, 0.6) is 0 Å². The molecule has 0 atom stereocenters. The Kier molecular flexibility index (Phi) is 2.38. The average Bonchev–Trinajstić information content (AvgIpc) is 2.08. The third kappa shape index (κ3) is 2.02. The van der Waals surface area contributed by atoms with Crippen molar-refractivity contribution in [3.05, 3.63) is 15.4 Å². The van der Waals surface area contributed by atoms with Gasteiger partial charge in [-0.15, -0.1) is 11.3 Å². The summed E-state index contributed by atoms with van der Waals surface area (Å²) in [5, 5.41) is 4.93. The molecular weight excluding hydrogens is 250 g/mol. The van der Waals surface area contributed by atoms with E-state index in [0.717, 1.165) is 15.1 Å². The zero-order chi connectivity index (χ0) is 8.65. The van der Waals surface area contributed by atoms with Crippen LogP contribution in [0, 0.1) is 6.92 Å². The first kappa shape index (κ1) is 9.18. The van der Waals surface area contributed by atoms with Gasteiger partial charge in [-0.05, 0) is 34.5 Å². The van der Waals surface area contributed by atoms with Gasteiger partial charge in [-0.2, -0.15) is 0 Å². The largest absolute Gasteiger partial charge is 0.247 e. The highest BCUT2D eigenvalue weighted by atomic mass is 79.9. The molecule has 0 aliphatic heterocycles. The minimum absolute atomic E-state index is 0.226. The van der Waals surface area contributed by atoms with E-state index in [1.807, 2.05) is 0 Å². The van der Waals surface area contributed by atoms with E-state index in [9.17, 15) is 8.42 Å². The molecular formula is C5H6BrNO2S2. The van der Waals surface area contributed by atoms with E-state index >= 15 is 0 Å². The summed E-state index contributed by atoms with van der Waals surface area (Å²) < 4.78 is 22.7. The summed E-state index contributed by atoms with van der Waals surface area (Å²) in [6.07, 6.45) is 0. The summed E-state index contributed by atoms with van der Waals surface area (Å²) in [6.45, 7) is 1.71. The predicted octanol–water partition coefficient (Wildman–Crippen LogP) is 1.47. The van der Waals surface area contributed by atoms with Gasteiger partial charge in [-0.25, -0.2) is 13.6 Å². The smallest absolute Gasteiger partial charge is 0.224 e. The molecule has 1 rings (SSSR count). The standard InChI is InChI=1S/C5H6BrNO2S2/c1-3-2-4(6)10-5(3)11(7,8)9/h2H,1H3,(H2,7,8,9). The molecule has 0 bridgehead atoms. The summed E-state index contributed by atoms with van der Waals surface area (Å²) in [5.41, 5.74) is 0.685. The van der Waals surface area contributed by atoms with Crippen molar-refractivity contribution in [2.24, 2.45) is 5.14 Å². The lowest BCUT2D eigenvalue weighted by molar-refractivity contribution is 0.599. The van der Waals surface area contributed by atoms with Crippen LogP contribution in [-0.2, 0) is 10.0 Å². The topological polar surface area (TPSA) is 60.2 Å². The van der Waals surface area contributed by atoms with Crippen LogP contribution in [0.4, 0.5) is 0 Å². The van der Waals surface area contributed by atoms with Crippen molar-refractivity contribution in [1.82, 2.24) is 0 Å². The van der Waals surface area contributed by atoms with E-state index in [2.05, 4.69) is 15.9 Å². The van der Waals surface area contributed by atoms with E-state index < -0.39 is 10.0 Å². The number of hydrogen-bond donors (Lipinski definition) is 1. The molecule has 3 nitrogen and oxygen atoms in total. The lowest BCUT2D eigenvalue weighted by atomic mass is 10.4. The van der Waals surface area contributed by atoms with Gasteiger partial charge in [0.25, 0.3) is 0 Å². The molecule has 0 radical (unpaired) electrons. The molecule has 0 fully saturated rings. The summed E-state index contributed by atoms with van der Waals surface area (Å²) in [4.78, 5) is 0. The highest BCUT2D eigenvalue weighted by Crippen LogP contribution is 2.29. The normalized spacial score (nSPS) is 11.9. The second-order valence-corrected chi connectivity index (χ2v) is 6.25. The van der Waals surface area contributed by atoms with Gasteiger partial charge in [-0.1, -0.05) is 0 Å². The number of nitrogens with two attached hydrogens (primary N) is 1. The molecule has 1 heterocycles. The first-order valence-corrected chi connectivity index (χ1v) is 5.85. The minimum Gasteiger partial charge on any atom is -0.224 e. The molecule has 0 aliphatic rings. The number of halogens is 1. The summed E-state index contributed by atoms with van der Waals surface area (Å²) >= 11 is 4.30. The van der Waals surface area contributed by atoms with E-state index in [4.69, 9.17) is 5.14 Å². The van der Waals surface area contributed by atoms with E-state index in [-0.39, 0.29) is 4.21 Å². The molecule has 1 aromatic rings. The Balaban J connectivity index is 3.36. The minimum atomic E-state index is -3.52. The van der Waals surface area contributed by atoms with Crippen LogP contribution < -0.4 is 5.14 Å². The van der Waals surface area contributed by atoms with Gasteiger partial charge in [-0.3, -0.25) is 0 Å². The quantitative estimate of drug-likeness (QED) is 0.827. The fourth-order valence-electron chi connectivity index (χ4n) is 0.710. The van der Waals surface area contributed by atoms with Gasteiger partial charge in [0.05, 0.1) is 3.79 Å². The highest BCUT2D eigenvalue weighted by Gasteiger charge is 2.14. The molecule has 62 valence electrons. The van der Waals surface area contributed by atoms with Crippen LogP contribution in [0.25, 0.3) is 0 Å². The van der Waals surface area contributed by atoms with Crippen LogP contribution in [0.1, 0.15) is 5.56 Å². The van der Waals surface area contributed by atoms with Crippen LogP contribution in [-0.4, -0.2) is 8.42 Å². The average molecular weight is 256 g/mol. The molecule has 0 aromatic carbocycles. The molecule has 0 saturated heterocycles. The van der Waals surface area contributed by atoms with E-state index in [1.54, 1.807) is 13.0 Å². The number of sulfonamides is 1. The maximum Gasteiger partial charge on any atom is 0.247 e. The number of primary sulfonamides is 1. The second-order valence-electron chi connectivity index (χ2n) is 2.07.